The zero-order valence-corrected chi connectivity index (χ0v) is 34.6. The van der Waals surface area contributed by atoms with E-state index in [2.05, 4.69) is 99.0 Å². The minimum absolute atomic E-state index is 1.18. The summed E-state index contributed by atoms with van der Waals surface area (Å²) in [5.74, 6) is 0. The van der Waals surface area contributed by atoms with Crippen molar-refractivity contribution >= 4 is 22.7 Å². The molecule has 0 aromatic heterocycles. The van der Waals surface area contributed by atoms with E-state index in [4.69, 9.17) is 0 Å². The molecule has 0 aliphatic carbocycles. The van der Waals surface area contributed by atoms with E-state index < -0.39 is 0 Å². The summed E-state index contributed by atoms with van der Waals surface area (Å²) in [4.78, 5) is 0. The lowest BCUT2D eigenvalue weighted by Gasteiger charge is -2.18. The third-order valence-electron chi connectivity index (χ3n) is 11.1. The molecule has 0 saturated carbocycles. The Labute approximate surface area is 322 Å². The highest BCUT2D eigenvalue weighted by molar-refractivity contribution is 5.70. The maximum absolute atomic E-state index is 3.87. The van der Waals surface area contributed by atoms with Gasteiger partial charge in [0.2, 0.25) is 0 Å². The molecule has 0 aliphatic heterocycles. The largest absolute Gasteiger partial charge is 0.355 e. The van der Waals surface area contributed by atoms with E-state index in [0.717, 1.165) is 0 Å². The van der Waals surface area contributed by atoms with Gasteiger partial charge in [0.25, 0.3) is 0 Å². The van der Waals surface area contributed by atoms with Crippen LogP contribution >= 0.6 is 0 Å². The van der Waals surface area contributed by atoms with Gasteiger partial charge in [0.05, 0.1) is 0 Å². The van der Waals surface area contributed by atoms with Gasteiger partial charge in [-0.05, 0) is 110 Å². The molecule has 0 amide bonds. The number of anilines is 4. The second kappa shape index (κ2) is 28.7. The summed E-state index contributed by atoms with van der Waals surface area (Å²) >= 11 is 0. The normalized spacial score (nSPS) is 11.3. The lowest BCUT2D eigenvalue weighted by molar-refractivity contribution is 0.599. The lowest BCUT2D eigenvalue weighted by Crippen LogP contribution is -2.03. The lowest BCUT2D eigenvalue weighted by atomic mass is 9.94. The third-order valence-corrected chi connectivity index (χ3v) is 11.1. The van der Waals surface area contributed by atoms with Crippen LogP contribution < -0.4 is 10.6 Å². The molecule has 0 aliphatic rings. The summed E-state index contributed by atoms with van der Waals surface area (Å²) < 4.78 is 0. The van der Waals surface area contributed by atoms with Crippen molar-refractivity contribution in [1.82, 2.24) is 0 Å². The zero-order chi connectivity index (χ0) is 36.9. The first-order valence-electron chi connectivity index (χ1n) is 22.6. The number of nitrogens with one attached hydrogen (secondary N) is 2. The minimum Gasteiger partial charge on any atom is -0.355 e. The molecule has 0 heterocycles. The van der Waals surface area contributed by atoms with Gasteiger partial charge >= 0.3 is 0 Å². The predicted octanol–water partition coefficient (Wildman–Crippen LogP) is 16.8. The van der Waals surface area contributed by atoms with Crippen LogP contribution in [-0.2, 0) is 25.7 Å². The summed E-state index contributed by atoms with van der Waals surface area (Å²) in [6, 6.07) is 23.1. The van der Waals surface area contributed by atoms with Crippen LogP contribution in [0.4, 0.5) is 22.7 Å². The van der Waals surface area contributed by atoms with Crippen LogP contribution in [0.1, 0.15) is 204 Å². The van der Waals surface area contributed by atoms with Gasteiger partial charge in [0.15, 0.2) is 0 Å². The van der Waals surface area contributed by atoms with Crippen LogP contribution in [0, 0.1) is 0 Å². The molecule has 3 aromatic rings. The molecule has 0 radical (unpaired) electrons. The van der Waals surface area contributed by atoms with Gasteiger partial charge in [-0.1, -0.05) is 180 Å². The molecule has 3 aromatic carbocycles. The predicted molar refractivity (Wildman–Crippen MR) is 234 cm³/mol. The standard InChI is InChI=1S/C50H80N2/c1-5-9-13-17-21-25-31-43-33-29-37-49(47(43)35-27-23-19-15-11-7-3)51-45-39-41-46(42-40-45)52-50-38-30-34-44(32-26-22-18-14-10-6-2)48(50)36-28-24-20-16-12-8-4/h29-30,33-34,37-42,51-52H,5-28,31-32,35-36H2,1-4H3. The van der Waals surface area contributed by atoms with E-state index >= 15 is 0 Å². The van der Waals surface area contributed by atoms with Gasteiger partial charge in [-0.25, -0.2) is 0 Å². The van der Waals surface area contributed by atoms with Crippen molar-refractivity contribution in [3.05, 3.63) is 82.9 Å². The van der Waals surface area contributed by atoms with Crippen molar-refractivity contribution in [2.24, 2.45) is 0 Å². The number of benzene rings is 3. The molecule has 0 fully saturated rings. The Morgan fingerprint density at radius 3 is 0.923 bits per heavy atom. The molecule has 0 unspecified atom stereocenters. The molecule has 2 heteroatoms. The van der Waals surface area contributed by atoms with Gasteiger partial charge < -0.3 is 10.6 Å². The fourth-order valence-electron chi connectivity index (χ4n) is 7.87. The van der Waals surface area contributed by atoms with Crippen molar-refractivity contribution in [1.29, 1.82) is 0 Å². The molecule has 0 spiro atoms. The van der Waals surface area contributed by atoms with Crippen LogP contribution in [0.2, 0.25) is 0 Å². The van der Waals surface area contributed by atoms with Crippen LogP contribution in [0.25, 0.3) is 0 Å². The molecule has 0 atom stereocenters. The van der Waals surface area contributed by atoms with Crippen LogP contribution in [0.3, 0.4) is 0 Å². The zero-order valence-electron chi connectivity index (χ0n) is 34.6. The molecule has 2 N–H and O–H groups in total. The average Bonchev–Trinajstić information content (AvgIpc) is 3.16. The summed E-state index contributed by atoms with van der Waals surface area (Å²) in [7, 11) is 0. The fraction of sp³-hybridized carbons (Fsp3) is 0.640. The molecule has 3 rings (SSSR count). The SMILES string of the molecule is CCCCCCCCc1cccc(Nc2ccc(Nc3cccc(CCCCCCCC)c3CCCCCCCC)cc2)c1CCCCCCCC. The number of rotatable bonds is 32. The summed E-state index contributed by atoms with van der Waals surface area (Å²) in [5, 5.41) is 7.73. The van der Waals surface area contributed by atoms with Gasteiger partial charge in [0.1, 0.15) is 0 Å². The Kier molecular flexibility index (Phi) is 24.1. The Morgan fingerprint density at radius 2 is 0.596 bits per heavy atom. The van der Waals surface area contributed by atoms with Crippen molar-refractivity contribution in [2.75, 3.05) is 10.6 Å². The third kappa shape index (κ3) is 17.9. The number of unbranched alkanes of at least 4 members (excludes halogenated alkanes) is 20. The molecule has 2 nitrogen and oxygen atoms in total. The Morgan fingerprint density at radius 1 is 0.308 bits per heavy atom. The Bertz CT molecular complexity index is 1190. The Hall–Kier alpha value is -2.74. The van der Waals surface area contributed by atoms with Crippen molar-refractivity contribution < 1.29 is 0 Å². The maximum Gasteiger partial charge on any atom is 0.0419 e. The van der Waals surface area contributed by atoms with E-state index in [1.165, 1.54) is 203 Å². The summed E-state index contributed by atoms with van der Waals surface area (Å²) in [6.45, 7) is 9.23. The smallest absolute Gasteiger partial charge is 0.0419 e. The molecule has 52 heavy (non-hydrogen) atoms. The van der Waals surface area contributed by atoms with Crippen LogP contribution in [0.15, 0.2) is 60.7 Å². The van der Waals surface area contributed by atoms with Crippen molar-refractivity contribution in [3.8, 4) is 0 Å². The quantitative estimate of drug-likeness (QED) is 0.0631. The van der Waals surface area contributed by atoms with Crippen molar-refractivity contribution in [3.63, 3.8) is 0 Å². The minimum atomic E-state index is 1.18. The van der Waals surface area contributed by atoms with E-state index in [0.29, 0.717) is 0 Å². The van der Waals surface area contributed by atoms with E-state index in [9.17, 15) is 0 Å². The maximum atomic E-state index is 3.87. The number of hydrogen-bond acceptors (Lipinski definition) is 2. The van der Waals surface area contributed by atoms with Gasteiger partial charge in [-0.2, -0.15) is 0 Å². The first-order chi connectivity index (χ1) is 25.7. The van der Waals surface area contributed by atoms with E-state index in [1.54, 1.807) is 22.3 Å². The van der Waals surface area contributed by atoms with Gasteiger partial charge in [-0.15, -0.1) is 0 Å². The summed E-state index contributed by atoms with van der Waals surface area (Å²) in [5.41, 5.74) is 11.2. The summed E-state index contributed by atoms with van der Waals surface area (Å²) in [6.07, 6.45) is 37.1. The molecule has 290 valence electrons. The Balaban J connectivity index is 1.69. The van der Waals surface area contributed by atoms with Crippen LogP contribution in [-0.4, -0.2) is 0 Å². The highest BCUT2D eigenvalue weighted by atomic mass is 14.9. The fourth-order valence-corrected chi connectivity index (χ4v) is 7.87. The topological polar surface area (TPSA) is 24.1 Å². The van der Waals surface area contributed by atoms with E-state index in [-0.39, 0.29) is 0 Å². The molecular weight excluding hydrogens is 629 g/mol. The highest BCUT2D eigenvalue weighted by Crippen LogP contribution is 2.31. The number of hydrogen-bond donors (Lipinski definition) is 2. The van der Waals surface area contributed by atoms with Crippen LogP contribution in [0.5, 0.6) is 0 Å². The van der Waals surface area contributed by atoms with Gasteiger partial charge in [0, 0.05) is 22.7 Å². The highest BCUT2D eigenvalue weighted by Gasteiger charge is 2.12. The van der Waals surface area contributed by atoms with Crippen molar-refractivity contribution in [2.45, 2.75) is 207 Å². The molecule has 0 saturated heterocycles. The van der Waals surface area contributed by atoms with E-state index in [1.807, 2.05) is 0 Å². The second-order valence-electron chi connectivity index (χ2n) is 15.8. The second-order valence-corrected chi connectivity index (χ2v) is 15.8. The molecular formula is C50H80N2. The monoisotopic (exact) mass is 709 g/mol. The average molecular weight is 709 g/mol. The first kappa shape index (κ1) is 43.7. The first-order valence-corrected chi connectivity index (χ1v) is 22.6. The molecule has 0 bridgehead atoms. The van der Waals surface area contributed by atoms with Gasteiger partial charge in [-0.3, -0.25) is 0 Å². The number of aryl methyl sites for hydroxylation is 2.